The molecule has 2 amide bonds. The van der Waals surface area contributed by atoms with Crippen molar-refractivity contribution in [3.63, 3.8) is 0 Å². The van der Waals surface area contributed by atoms with E-state index in [-0.39, 0.29) is 42.8 Å². The molecular formula is C26H35Cl2N3O5S. The molecule has 1 atom stereocenters. The molecule has 1 N–H and O–H groups in total. The molecule has 0 aromatic heterocycles. The van der Waals surface area contributed by atoms with Crippen LogP contribution >= 0.6 is 23.2 Å². The number of sulfonamides is 1. The van der Waals surface area contributed by atoms with Crippen molar-refractivity contribution in [1.82, 2.24) is 10.2 Å². The molecule has 0 saturated heterocycles. The highest BCUT2D eigenvalue weighted by molar-refractivity contribution is 7.92. The van der Waals surface area contributed by atoms with Gasteiger partial charge in [-0.05, 0) is 63.9 Å². The van der Waals surface area contributed by atoms with Crippen LogP contribution in [0.3, 0.4) is 0 Å². The maximum atomic E-state index is 13.4. The van der Waals surface area contributed by atoms with Crippen molar-refractivity contribution in [1.29, 1.82) is 0 Å². The number of ether oxygens (including phenoxy) is 1. The lowest BCUT2D eigenvalue weighted by Crippen LogP contribution is -2.52. The van der Waals surface area contributed by atoms with Gasteiger partial charge in [-0.1, -0.05) is 41.4 Å². The van der Waals surface area contributed by atoms with Gasteiger partial charge < -0.3 is 15.0 Å². The van der Waals surface area contributed by atoms with Crippen LogP contribution in [-0.2, 0) is 26.2 Å². The van der Waals surface area contributed by atoms with E-state index in [2.05, 4.69) is 5.32 Å². The van der Waals surface area contributed by atoms with E-state index >= 15 is 0 Å². The second kappa shape index (κ2) is 12.8. The number of methoxy groups -OCH3 is 1. The predicted octanol–water partition coefficient (Wildman–Crippen LogP) is 4.88. The number of hydrogen-bond acceptors (Lipinski definition) is 5. The number of hydrogen-bond donors (Lipinski definition) is 1. The Bertz CT molecular complexity index is 1210. The molecule has 11 heteroatoms. The molecular weight excluding hydrogens is 537 g/mol. The van der Waals surface area contributed by atoms with Crippen LogP contribution in [0.1, 0.15) is 46.1 Å². The summed E-state index contributed by atoms with van der Waals surface area (Å²) in [5, 5.41) is 3.67. The third-order valence-corrected chi connectivity index (χ3v) is 7.40. The van der Waals surface area contributed by atoms with E-state index in [4.69, 9.17) is 27.9 Å². The lowest BCUT2D eigenvalue weighted by Gasteiger charge is -2.32. The van der Waals surface area contributed by atoms with Crippen LogP contribution in [0.25, 0.3) is 0 Å². The summed E-state index contributed by atoms with van der Waals surface area (Å²) in [7, 11) is -2.18. The summed E-state index contributed by atoms with van der Waals surface area (Å²) in [4.78, 5) is 27.8. The maximum absolute atomic E-state index is 13.4. The first-order valence-electron chi connectivity index (χ1n) is 11.8. The van der Waals surface area contributed by atoms with E-state index in [1.807, 2.05) is 26.8 Å². The van der Waals surface area contributed by atoms with E-state index in [0.29, 0.717) is 22.0 Å². The molecule has 0 bridgehead atoms. The number of amides is 2. The summed E-state index contributed by atoms with van der Waals surface area (Å²) in [6, 6.07) is 11.0. The predicted molar refractivity (Wildman–Crippen MR) is 149 cm³/mol. The molecule has 1 unspecified atom stereocenters. The van der Waals surface area contributed by atoms with Crippen LogP contribution in [0.5, 0.6) is 5.75 Å². The van der Waals surface area contributed by atoms with Crippen molar-refractivity contribution in [2.45, 2.75) is 58.7 Å². The van der Waals surface area contributed by atoms with Crippen LogP contribution in [0.2, 0.25) is 10.0 Å². The van der Waals surface area contributed by atoms with Crippen LogP contribution in [0.15, 0.2) is 42.5 Å². The zero-order valence-corrected chi connectivity index (χ0v) is 24.4. The monoisotopic (exact) mass is 571 g/mol. The molecule has 0 spiro atoms. The molecule has 0 aliphatic heterocycles. The lowest BCUT2D eigenvalue weighted by molar-refractivity contribution is -0.141. The number of rotatable bonds is 11. The van der Waals surface area contributed by atoms with Crippen molar-refractivity contribution < 1.29 is 22.7 Å². The van der Waals surface area contributed by atoms with Gasteiger partial charge in [0.2, 0.25) is 21.8 Å². The normalized spacial score (nSPS) is 12.5. The molecule has 0 heterocycles. The summed E-state index contributed by atoms with van der Waals surface area (Å²) < 4.78 is 31.3. The van der Waals surface area contributed by atoms with Gasteiger partial charge in [0.15, 0.2) is 0 Å². The van der Waals surface area contributed by atoms with E-state index in [9.17, 15) is 18.0 Å². The van der Waals surface area contributed by atoms with Gasteiger partial charge in [-0.15, -0.1) is 0 Å². The van der Waals surface area contributed by atoms with E-state index in [1.54, 1.807) is 37.3 Å². The Labute approximate surface area is 229 Å². The number of halogens is 2. The van der Waals surface area contributed by atoms with Gasteiger partial charge in [0.1, 0.15) is 11.8 Å². The molecule has 2 aromatic carbocycles. The number of nitrogens with one attached hydrogen (secondary N) is 1. The third kappa shape index (κ3) is 9.09. The largest absolute Gasteiger partial charge is 0.495 e. The number of benzene rings is 2. The van der Waals surface area contributed by atoms with Gasteiger partial charge in [-0.3, -0.25) is 13.9 Å². The average molecular weight is 573 g/mol. The van der Waals surface area contributed by atoms with Gasteiger partial charge in [0.05, 0.1) is 24.1 Å². The highest BCUT2D eigenvalue weighted by atomic mass is 35.5. The molecule has 0 aliphatic rings. The highest BCUT2D eigenvalue weighted by Crippen LogP contribution is 2.30. The van der Waals surface area contributed by atoms with Crippen molar-refractivity contribution in [3.05, 3.63) is 58.1 Å². The van der Waals surface area contributed by atoms with Crippen LogP contribution in [0, 0.1) is 0 Å². The minimum absolute atomic E-state index is 0.0213. The second-order valence-electron chi connectivity index (χ2n) is 9.79. The molecule has 0 radical (unpaired) electrons. The zero-order chi connectivity index (χ0) is 28.0. The Balaban J connectivity index is 2.22. The summed E-state index contributed by atoms with van der Waals surface area (Å²) in [5.41, 5.74) is 0.602. The smallest absolute Gasteiger partial charge is 0.242 e. The standard InChI is InChI=1S/C26H35Cl2N3O5S/c1-18(25(33)29-26(2,3)4)30(17-19-10-7-8-11-21(19)27)24(32)12-9-15-31(37(6,34)35)20-13-14-23(36-5)22(28)16-20/h7-8,10-11,13-14,16,18H,9,12,15,17H2,1-6H3,(H,29,33). The first-order valence-corrected chi connectivity index (χ1v) is 14.4. The zero-order valence-electron chi connectivity index (χ0n) is 22.0. The maximum Gasteiger partial charge on any atom is 0.242 e. The van der Waals surface area contributed by atoms with Gasteiger partial charge in [-0.25, -0.2) is 8.42 Å². The van der Waals surface area contributed by atoms with Crippen molar-refractivity contribution in [2.24, 2.45) is 0 Å². The van der Waals surface area contributed by atoms with Crippen molar-refractivity contribution in [2.75, 3.05) is 24.2 Å². The fourth-order valence-electron chi connectivity index (χ4n) is 3.68. The Morgan fingerprint density at radius 1 is 1.08 bits per heavy atom. The topological polar surface area (TPSA) is 96.0 Å². The minimum Gasteiger partial charge on any atom is -0.495 e. The third-order valence-electron chi connectivity index (χ3n) is 5.54. The van der Waals surface area contributed by atoms with Gasteiger partial charge in [0.25, 0.3) is 0 Å². The average Bonchev–Trinajstić information content (AvgIpc) is 2.78. The summed E-state index contributed by atoms with van der Waals surface area (Å²) in [5.74, 6) is -0.164. The SMILES string of the molecule is COc1ccc(N(CCCC(=O)N(Cc2ccccc2Cl)C(C)C(=O)NC(C)(C)C)S(C)(=O)=O)cc1Cl. The number of carbonyl (C=O) groups excluding carboxylic acids is 2. The molecule has 2 rings (SSSR count). The van der Waals surface area contributed by atoms with Crippen molar-refractivity contribution in [3.8, 4) is 5.75 Å². The lowest BCUT2D eigenvalue weighted by atomic mass is 10.1. The number of anilines is 1. The van der Waals surface area contributed by atoms with Gasteiger partial charge in [0, 0.05) is 30.1 Å². The quantitative estimate of drug-likeness (QED) is 0.414. The minimum atomic E-state index is -3.65. The van der Waals surface area contributed by atoms with E-state index in [0.717, 1.165) is 6.26 Å². The molecule has 0 fully saturated rings. The second-order valence-corrected chi connectivity index (χ2v) is 12.5. The summed E-state index contributed by atoms with van der Waals surface area (Å²) >= 11 is 12.5. The Kier molecular flexibility index (Phi) is 10.7. The molecule has 0 saturated carbocycles. The first-order chi connectivity index (χ1) is 17.1. The summed E-state index contributed by atoms with van der Waals surface area (Å²) in [6.45, 7) is 7.45. The Morgan fingerprint density at radius 3 is 2.27 bits per heavy atom. The van der Waals surface area contributed by atoms with Gasteiger partial charge >= 0.3 is 0 Å². The fraction of sp³-hybridized carbons (Fsp3) is 0.462. The Morgan fingerprint density at radius 2 is 1.73 bits per heavy atom. The Hall–Kier alpha value is -2.49. The van der Waals surface area contributed by atoms with Gasteiger partial charge in [-0.2, -0.15) is 0 Å². The van der Waals surface area contributed by atoms with Crippen LogP contribution in [-0.4, -0.2) is 56.6 Å². The highest BCUT2D eigenvalue weighted by Gasteiger charge is 2.29. The molecule has 37 heavy (non-hydrogen) atoms. The van der Waals surface area contributed by atoms with Crippen LogP contribution < -0.4 is 14.4 Å². The van der Waals surface area contributed by atoms with Crippen molar-refractivity contribution >= 4 is 50.7 Å². The molecule has 204 valence electrons. The van der Waals surface area contributed by atoms with E-state index in [1.165, 1.54) is 22.4 Å². The first kappa shape index (κ1) is 30.7. The molecule has 0 aliphatic carbocycles. The van der Waals surface area contributed by atoms with E-state index < -0.39 is 21.6 Å². The van der Waals surface area contributed by atoms with Crippen LogP contribution in [0.4, 0.5) is 5.69 Å². The molecule has 8 nitrogen and oxygen atoms in total. The number of carbonyl (C=O) groups is 2. The number of nitrogens with zero attached hydrogens (tertiary/aromatic N) is 2. The summed E-state index contributed by atoms with van der Waals surface area (Å²) in [6.07, 6.45) is 1.34. The fourth-order valence-corrected chi connectivity index (χ4v) is 5.09. The molecule has 2 aromatic rings.